The van der Waals surface area contributed by atoms with Gasteiger partial charge in [0, 0.05) is 31.7 Å². The molecule has 0 aromatic carbocycles. The van der Waals surface area contributed by atoms with Crippen molar-refractivity contribution in [2.24, 2.45) is 0 Å². The Morgan fingerprint density at radius 2 is 2.08 bits per heavy atom. The van der Waals surface area contributed by atoms with Gasteiger partial charge in [-0.1, -0.05) is 17.7 Å². The van der Waals surface area contributed by atoms with Crippen LogP contribution in [0.15, 0.2) is 42.7 Å². The number of halogens is 1. The average Bonchev–Trinajstić information content (AvgIpc) is 2.94. The van der Waals surface area contributed by atoms with E-state index in [-0.39, 0.29) is 11.6 Å². The second-order valence-corrected chi connectivity index (χ2v) is 6.27. The van der Waals surface area contributed by atoms with E-state index in [2.05, 4.69) is 15.1 Å². The van der Waals surface area contributed by atoms with Crippen molar-refractivity contribution in [3.05, 3.63) is 70.4 Å². The highest BCUT2D eigenvalue weighted by molar-refractivity contribution is 6.33. The summed E-state index contributed by atoms with van der Waals surface area (Å²) in [6.07, 6.45) is 3.42. The lowest BCUT2D eigenvalue weighted by Gasteiger charge is -2.17. The van der Waals surface area contributed by atoms with Crippen molar-refractivity contribution in [2.75, 3.05) is 7.05 Å². The Morgan fingerprint density at radius 1 is 1.28 bits per heavy atom. The van der Waals surface area contributed by atoms with Gasteiger partial charge in [0.2, 0.25) is 0 Å². The standard InChI is InChI=1S/C18H18ClN5O/c1-12-9-13(2)24(22-12)16-7-6-15(19)17(21-16)18(25)23(3)11-14-5-4-8-20-10-14/h4-10H,11H2,1-3H3. The molecule has 128 valence electrons. The molecule has 0 aliphatic heterocycles. The quantitative estimate of drug-likeness (QED) is 0.721. The van der Waals surface area contributed by atoms with Crippen LogP contribution in [-0.2, 0) is 6.54 Å². The molecule has 1 amide bonds. The number of aromatic nitrogens is 4. The lowest BCUT2D eigenvalue weighted by atomic mass is 10.2. The monoisotopic (exact) mass is 355 g/mol. The van der Waals surface area contributed by atoms with E-state index in [1.165, 1.54) is 0 Å². The number of nitrogens with zero attached hydrogens (tertiary/aromatic N) is 5. The fraction of sp³-hybridized carbons (Fsp3) is 0.222. The van der Waals surface area contributed by atoms with E-state index < -0.39 is 0 Å². The number of hydrogen-bond donors (Lipinski definition) is 0. The number of carbonyl (C=O) groups is 1. The molecular formula is C18H18ClN5O. The van der Waals surface area contributed by atoms with Gasteiger partial charge in [-0.2, -0.15) is 5.10 Å². The second-order valence-electron chi connectivity index (χ2n) is 5.86. The van der Waals surface area contributed by atoms with Gasteiger partial charge in [0.05, 0.1) is 10.7 Å². The molecule has 3 aromatic rings. The van der Waals surface area contributed by atoms with Gasteiger partial charge >= 0.3 is 0 Å². The van der Waals surface area contributed by atoms with Crippen LogP contribution in [0.3, 0.4) is 0 Å². The van der Waals surface area contributed by atoms with E-state index in [0.717, 1.165) is 17.0 Å². The summed E-state index contributed by atoms with van der Waals surface area (Å²) >= 11 is 6.22. The minimum Gasteiger partial charge on any atom is -0.336 e. The van der Waals surface area contributed by atoms with E-state index in [9.17, 15) is 4.79 Å². The Kier molecular flexibility index (Phi) is 4.81. The number of amides is 1. The van der Waals surface area contributed by atoms with Crippen molar-refractivity contribution < 1.29 is 4.79 Å². The van der Waals surface area contributed by atoms with Crippen molar-refractivity contribution in [3.63, 3.8) is 0 Å². The van der Waals surface area contributed by atoms with Gasteiger partial charge in [-0.25, -0.2) is 9.67 Å². The van der Waals surface area contributed by atoms with Gasteiger partial charge < -0.3 is 4.90 Å². The van der Waals surface area contributed by atoms with Crippen LogP contribution in [0.5, 0.6) is 0 Å². The molecule has 3 rings (SSSR count). The number of hydrogen-bond acceptors (Lipinski definition) is 4. The van der Waals surface area contributed by atoms with Crippen LogP contribution in [0.4, 0.5) is 0 Å². The third-order valence-electron chi connectivity index (χ3n) is 3.75. The zero-order chi connectivity index (χ0) is 18.0. The summed E-state index contributed by atoms with van der Waals surface area (Å²) in [5, 5.41) is 4.71. The fourth-order valence-electron chi connectivity index (χ4n) is 2.58. The average molecular weight is 356 g/mol. The Labute approximate surface area is 151 Å². The first-order valence-corrected chi connectivity index (χ1v) is 8.18. The second kappa shape index (κ2) is 7.03. The fourth-order valence-corrected chi connectivity index (χ4v) is 2.76. The highest BCUT2D eigenvalue weighted by atomic mass is 35.5. The highest BCUT2D eigenvalue weighted by Gasteiger charge is 2.19. The molecule has 0 saturated heterocycles. The summed E-state index contributed by atoms with van der Waals surface area (Å²) in [5.41, 5.74) is 2.97. The van der Waals surface area contributed by atoms with E-state index >= 15 is 0 Å². The number of aryl methyl sites for hydroxylation is 2. The molecule has 3 heterocycles. The van der Waals surface area contributed by atoms with Crippen molar-refractivity contribution in [1.29, 1.82) is 0 Å². The molecule has 0 radical (unpaired) electrons. The van der Waals surface area contributed by atoms with E-state index in [0.29, 0.717) is 17.4 Å². The summed E-state index contributed by atoms with van der Waals surface area (Å²) in [4.78, 5) is 22.8. The number of pyridine rings is 2. The largest absolute Gasteiger partial charge is 0.336 e. The number of carbonyl (C=O) groups excluding carboxylic acids is 1. The Bertz CT molecular complexity index is 907. The summed E-state index contributed by atoms with van der Waals surface area (Å²) in [6.45, 7) is 4.27. The molecule has 0 unspecified atom stereocenters. The molecule has 0 fully saturated rings. The Balaban J connectivity index is 1.89. The third kappa shape index (κ3) is 3.69. The van der Waals surface area contributed by atoms with E-state index in [4.69, 9.17) is 11.6 Å². The van der Waals surface area contributed by atoms with Crippen LogP contribution in [-0.4, -0.2) is 37.6 Å². The van der Waals surface area contributed by atoms with Gasteiger partial charge in [0.1, 0.15) is 5.69 Å². The molecule has 6 nitrogen and oxygen atoms in total. The van der Waals surface area contributed by atoms with Gasteiger partial charge in [0.25, 0.3) is 5.91 Å². The van der Waals surface area contributed by atoms with Gasteiger partial charge in [-0.15, -0.1) is 0 Å². The molecule has 0 saturated carbocycles. The SMILES string of the molecule is Cc1cc(C)n(-c2ccc(Cl)c(C(=O)N(C)Cc3cccnc3)n2)n1. The lowest BCUT2D eigenvalue weighted by molar-refractivity contribution is 0.0779. The molecule has 0 aliphatic carbocycles. The Hall–Kier alpha value is -2.73. The van der Waals surface area contributed by atoms with Crippen molar-refractivity contribution in [3.8, 4) is 5.82 Å². The first-order valence-electron chi connectivity index (χ1n) is 7.80. The smallest absolute Gasteiger partial charge is 0.274 e. The van der Waals surface area contributed by atoms with Gasteiger partial charge in [0.15, 0.2) is 5.82 Å². The van der Waals surface area contributed by atoms with Gasteiger partial charge in [-0.3, -0.25) is 9.78 Å². The van der Waals surface area contributed by atoms with E-state index in [1.54, 1.807) is 41.2 Å². The minimum atomic E-state index is -0.253. The zero-order valence-corrected chi connectivity index (χ0v) is 15.0. The molecule has 7 heteroatoms. The van der Waals surface area contributed by atoms with Crippen LogP contribution in [0.1, 0.15) is 27.4 Å². The van der Waals surface area contributed by atoms with Crippen LogP contribution in [0, 0.1) is 13.8 Å². The molecular weight excluding hydrogens is 338 g/mol. The Morgan fingerprint density at radius 3 is 2.72 bits per heavy atom. The lowest BCUT2D eigenvalue weighted by Crippen LogP contribution is -2.27. The first-order chi connectivity index (χ1) is 12.0. The van der Waals surface area contributed by atoms with E-state index in [1.807, 2.05) is 32.0 Å². The van der Waals surface area contributed by atoms with Crippen LogP contribution >= 0.6 is 11.6 Å². The maximum Gasteiger partial charge on any atom is 0.274 e. The third-order valence-corrected chi connectivity index (χ3v) is 4.05. The number of rotatable bonds is 4. The molecule has 0 spiro atoms. The maximum atomic E-state index is 12.8. The predicted octanol–water partition coefficient (Wildman–Crippen LogP) is 3.20. The van der Waals surface area contributed by atoms with Crippen molar-refractivity contribution in [1.82, 2.24) is 24.6 Å². The molecule has 3 aromatic heterocycles. The predicted molar refractivity (Wildman–Crippen MR) is 95.9 cm³/mol. The minimum absolute atomic E-state index is 0.207. The highest BCUT2D eigenvalue weighted by Crippen LogP contribution is 2.19. The normalized spacial score (nSPS) is 10.7. The van der Waals surface area contributed by atoms with Crippen LogP contribution in [0.2, 0.25) is 5.02 Å². The summed E-state index contributed by atoms with van der Waals surface area (Å²) in [7, 11) is 1.71. The topological polar surface area (TPSA) is 63.9 Å². The molecule has 0 N–H and O–H groups in total. The summed E-state index contributed by atoms with van der Waals surface area (Å²) < 4.78 is 1.70. The maximum absolute atomic E-state index is 12.8. The van der Waals surface area contributed by atoms with Crippen molar-refractivity contribution in [2.45, 2.75) is 20.4 Å². The first kappa shape index (κ1) is 17.1. The summed E-state index contributed by atoms with van der Waals surface area (Å²) in [6, 6.07) is 9.12. The zero-order valence-electron chi connectivity index (χ0n) is 14.3. The van der Waals surface area contributed by atoms with Gasteiger partial charge in [-0.05, 0) is 43.7 Å². The molecule has 0 atom stereocenters. The van der Waals surface area contributed by atoms with Crippen molar-refractivity contribution >= 4 is 17.5 Å². The van der Waals surface area contributed by atoms with Crippen LogP contribution < -0.4 is 0 Å². The summed E-state index contributed by atoms with van der Waals surface area (Å²) in [5.74, 6) is 0.311. The molecule has 0 bridgehead atoms. The molecule has 25 heavy (non-hydrogen) atoms. The molecule has 0 aliphatic rings. The van der Waals surface area contributed by atoms with Crippen LogP contribution in [0.25, 0.3) is 5.82 Å².